The van der Waals surface area contributed by atoms with Gasteiger partial charge >= 0.3 is 10.4 Å². The maximum atomic E-state index is 8.74. The average molecular weight is 279 g/mol. The summed E-state index contributed by atoms with van der Waals surface area (Å²) in [7, 11) is -4.67. The van der Waals surface area contributed by atoms with Crippen molar-refractivity contribution in [3.63, 3.8) is 0 Å². The smallest absolute Gasteiger partial charge is 0.394 e. The Labute approximate surface area is 81.7 Å². The molecular formula is H12O9SZr. The van der Waals surface area contributed by atoms with E-state index in [1.807, 2.05) is 0 Å². The van der Waals surface area contributed by atoms with Crippen LogP contribution in [0.4, 0.5) is 0 Å². The van der Waals surface area contributed by atoms with Gasteiger partial charge in [0.1, 0.15) is 0 Å². The van der Waals surface area contributed by atoms with E-state index in [-0.39, 0.29) is 53.6 Å². The van der Waals surface area contributed by atoms with E-state index in [1.165, 1.54) is 0 Å². The van der Waals surface area contributed by atoms with Crippen LogP contribution in [0.25, 0.3) is 0 Å². The summed E-state index contributed by atoms with van der Waals surface area (Å²) in [5.41, 5.74) is 0. The van der Waals surface area contributed by atoms with E-state index in [0.717, 1.165) is 0 Å². The largest absolute Gasteiger partial charge is 0.412 e. The molecule has 0 saturated carbocycles. The summed E-state index contributed by atoms with van der Waals surface area (Å²) in [4.78, 5) is 0. The SMILES string of the molecule is O.O.O.O.O.O=S(=O)(O)O.[Zr]. The third-order valence-corrected chi connectivity index (χ3v) is 0. The van der Waals surface area contributed by atoms with E-state index in [1.54, 1.807) is 0 Å². The van der Waals surface area contributed by atoms with Crippen molar-refractivity contribution in [1.82, 2.24) is 0 Å². The van der Waals surface area contributed by atoms with Crippen molar-refractivity contribution in [1.29, 1.82) is 0 Å². The first-order valence-electron chi connectivity index (χ1n) is 0.698. The minimum absolute atomic E-state index is 0. The van der Waals surface area contributed by atoms with Crippen LogP contribution >= 0.6 is 0 Å². The van der Waals surface area contributed by atoms with Crippen molar-refractivity contribution in [3.8, 4) is 0 Å². The van der Waals surface area contributed by atoms with Gasteiger partial charge in [0, 0.05) is 26.2 Å². The van der Waals surface area contributed by atoms with Gasteiger partial charge in [-0.2, -0.15) is 8.42 Å². The maximum absolute atomic E-state index is 8.74. The fourth-order valence-electron chi connectivity index (χ4n) is 0. The summed E-state index contributed by atoms with van der Waals surface area (Å²) < 4.78 is 31.6. The van der Waals surface area contributed by atoms with Crippen LogP contribution in [0.5, 0.6) is 0 Å². The summed E-state index contributed by atoms with van der Waals surface area (Å²) in [6, 6.07) is 0. The molecule has 0 aliphatic heterocycles. The summed E-state index contributed by atoms with van der Waals surface area (Å²) in [6.45, 7) is 0. The quantitative estimate of drug-likeness (QED) is 0.415. The van der Waals surface area contributed by atoms with Crippen LogP contribution in [-0.4, -0.2) is 44.9 Å². The fourth-order valence-corrected chi connectivity index (χ4v) is 0. The zero-order valence-corrected chi connectivity index (χ0v) is 8.39. The molecule has 0 unspecified atom stereocenters. The first-order valence-corrected chi connectivity index (χ1v) is 2.10. The molecule has 0 amide bonds. The average Bonchev–Trinajstić information content (AvgIpc) is 0.722. The van der Waals surface area contributed by atoms with Crippen molar-refractivity contribution in [2.75, 3.05) is 0 Å². The summed E-state index contributed by atoms with van der Waals surface area (Å²) in [5.74, 6) is 0. The van der Waals surface area contributed by atoms with Crippen LogP contribution < -0.4 is 0 Å². The van der Waals surface area contributed by atoms with Gasteiger partial charge < -0.3 is 27.4 Å². The summed E-state index contributed by atoms with van der Waals surface area (Å²) in [5, 5.41) is 0. The van der Waals surface area contributed by atoms with E-state index >= 15 is 0 Å². The molecule has 0 atom stereocenters. The summed E-state index contributed by atoms with van der Waals surface area (Å²) >= 11 is 0. The van der Waals surface area contributed by atoms with E-state index in [0.29, 0.717) is 0 Å². The van der Waals surface area contributed by atoms with E-state index in [9.17, 15) is 0 Å². The van der Waals surface area contributed by atoms with Gasteiger partial charge in [0.2, 0.25) is 0 Å². The van der Waals surface area contributed by atoms with Gasteiger partial charge in [-0.25, -0.2) is 0 Å². The second-order valence-corrected chi connectivity index (χ2v) is 1.34. The Kier molecular flexibility index (Phi) is 127. The Morgan fingerprint density at radius 2 is 0.727 bits per heavy atom. The van der Waals surface area contributed by atoms with Crippen LogP contribution in [-0.2, 0) is 36.6 Å². The number of hydrogen-bond donors (Lipinski definition) is 2. The van der Waals surface area contributed by atoms with Crippen molar-refractivity contribution in [2.45, 2.75) is 0 Å². The van der Waals surface area contributed by atoms with Crippen LogP contribution in [0.1, 0.15) is 0 Å². The zero-order valence-electron chi connectivity index (χ0n) is 5.12. The van der Waals surface area contributed by atoms with Crippen LogP contribution in [0.15, 0.2) is 0 Å². The standard InChI is InChI=1S/H2O4S.5H2O.Zr/c1-5(2,3)4;;;;;;/h(H2,1,2,3,4);5*1H2;. The Morgan fingerprint density at radius 1 is 0.727 bits per heavy atom. The van der Waals surface area contributed by atoms with Crippen LogP contribution in [0, 0.1) is 0 Å². The molecule has 0 aromatic carbocycles. The van der Waals surface area contributed by atoms with Gasteiger partial charge in [-0.05, 0) is 0 Å². The second-order valence-electron chi connectivity index (χ2n) is 0.448. The molecule has 0 fully saturated rings. The van der Waals surface area contributed by atoms with Crippen molar-refractivity contribution in [3.05, 3.63) is 0 Å². The first kappa shape index (κ1) is 62.1. The molecule has 0 rings (SSSR count). The van der Waals surface area contributed by atoms with E-state index in [4.69, 9.17) is 17.5 Å². The minimum Gasteiger partial charge on any atom is -0.412 e. The third-order valence-electron chi connectivity index (χ3n) is 0. The fraction of sp³-hybridized carbons (Fsp3) is 0. The minimum atomic E-state index is -4.67. The van der Waals surface area contributed by atoms with Crippen molar-refractivity contribution < 1.29 is 71.1 Å². The number of rotatable bonds is 0. The monoisotopic (exact) mass is 278 g/mol. The zero-order chi connectivity index (χ0) is 4.50. The Balaban J connectivity index is -0.00000000533. The predicted octanol–water partition coefficient (Wildman–Crippen LogP) is -4.78. The second kappa shape index (κ2) is 22.4. The van der Waals surface area contributed by atoms with Gasteiger partial charge in [0.05, 0.1) is 0 Å². The van der Waals surface area contributed by atoms with Gasteiger partial charge in [0.25, 0.3) is 0 Å². The molecule has 0 aliphatic carbocycles. The molecule has 11 heavy (non-hydrogen) atoms. The van der Waals surface area contributed by atoms with E-state index < -0.39 is 10.4 Å². The molecule has 12 N–H and O–H groups in total. The third kappa shape index (κ3) is 2520. The molecule has 76 valence electrons. The first-order chi connectivity index (χ1) is 2.00. The molecule has 0 aromatic rings. The molecule has 9 nitrogen and oxygen atoms in total. The molecule has 0 bridgehead atoms. The molecule has 0 heterocycles. The maximum Gasteiger partial charge on any atom is 0.394 e. The predicted molar refractivity (Wildman–Crippen MR) is 32.2 cm³/mol. The molecule has 11 heteroatoms. The van der Waals surface area contributed by atoms with Gasteiger partial charge in [-0.15, -0.1) is 0 Å². The topological polar surface area (TPSA) is 232 Å². The van der Waals surface area contributed by atoms with Crippen molar-refractivity contribution >= 4 is 10.4 Å². The van der Waals surface area contributed by atoms with Crippen molar-refractivity contribution in [2.24, 2.45) is 0 Å². The van der Waals surface area contributed by atoms with E-state index in [2.05, 4.69) is 0 Å². The van der Waals surface area contributed by atoms with Gasteiger partial charge in [-0.3, -0.25) is 9.11 Å². The Hall–Kier alpha value is 0.553. The Bertz CT molecular complexity index is 92.7. The van der Waals surface area contributed by atoms with Gasteiger partial charge in [0.15, 0.2) is 0 Å². The molecule has 0 aliphatic rings. The number of hydrogen-bond acceptors (Lipinski definition) is 2. The molecular weight excluding hydrogens is 267 g/mol. The van der Waals surface area contributed by atoms with Gasteiger partial charge in [-0.1, -0.05) is 0 Å². The Morgan fingerprint density at radius 3 is 0.727 bits per heavy atom. The molecule has 0 saturated heterocycles. The molecule has 0 aromatic heterocycles. The normalized spacial score (nSPS) is 5.27. The molecule has 0 spiro atoms. The molecule has 0 radical (unpaired) electrons. The summed E-state index contributed by atoms with van der Waals surface area (Å²) in [6.07, 6.45) is 0. The van der Waals surface area contributed by atoms with Crippen LogP contribution in [0.3, 0.4) is 0 Å². The van der Waals surface area contributed by atoms with Crippen LogP contribution in [0.2, 0.25) is 0 Å².